The van der Waals surface area contributed by atoms with Gasteiger partial charge in [0.15, 0.2) is 0 Å². The van der Waals surface area contributed by atoms with E-state index in [0.29, 0.717) is 5.52 Å². The van der Waals surface area contributed by atoms with Gasteiger partial charge in [0.2, 0.25) is 0 Å². The monoisotopic (exact) mass is 320 g/mol. The molecule has 118 valence electrons. The Hall–Kier alpha value is -2.90. The molecule has 5 nitrogen and oxygen atoms in total. The quantitative estimate of drug-likeness (QED) is 0.788. The van der Waals surface area contributed by atoms with Gasteiger partial charge in [0, 0.05) is 18.3 Å². The maximum Gasteiger partial charge on any atom is 0.416 e. The largest absolute Gasteiger partial charge is 0.416 e. The Bertz CT molecular complexity index is 886. The molecule has 0 saturated heterocycles. The van der Waals surface area contributed by atoms with E-state index in [4.69, 9.17) is 0 Å². The summed E-state index contributed by atoms with van der Waals surface area (Å²) in [4.78, 5) is 12.2. The van der Waals surface area contributed by atoms with Crippen molar-refractivity contribution in [1.29, 1.82) is 0 Å². The summed E-state index contributed by atoms with van der Waals surface area (Å²) in [5.41, 5.74) is 0.823. The van der Waals surface area contributed by atoms with Gasteiger partial charge in [-0.2, -0.15) is 13.2 Å². The first-order valence-electron chi connectivity index (χ1n) is 6.62. The number of fused-ring (bicyclic) bond motifs is 1. The molecule has 3 rings (SSSR count). The van der Waals surface area contributed by atoms with Gasteiger partial charge in [-0.1, -0.05) is 11.3 Å². The first-order valence-corrected chi connectivity index (χ1v) is 6.62. The van der Waals surface area contributed by atoms with Crippen LogP contribution in [0, 0.1) is 0 Å². The standard InChI is InChI=1S/C15H11F3N4O/c1-22-13-6-5-9(7-12(13)20-21-22)14(23)19-11-4-2-3-10(8-11)15(16,17)18/h2-8H,1H3,(H,19,23). The molecule has 0 spiro atoms. The van der Waals surface area contributed by atoms with Crippen molar-refractivity contribution in [2.24, 2.45) is 7.05 Å². The Morgan fingerprint density at radius 3 is 2.70 bits per heavy atom. The zero-order chi connectivity index (χ0) is 16.6. The first kappa shape index (κ1) is 15.0. The topological polar surface area (TPSA) is 59.8 Å². The molecule has 0 fully saturated rings. The van der Waals surface area contributed by atoms with Crippen LogP contribution in [0.2, 0.25) is 0 Å². The highest BCUT2D eigenvalue weighted by atomic mass is 19.4. The molecule has 1 amide bonds. The number of aromatic nitrogens is 3. The van der Waals surface area contributed by atoms with Crippen molar-refractivity contribution in [1.82, 2.24) is 15.0 Å². The number of alkyl halides is 3. The summed E-state index contributed by atoms with van der Waals surface area (Å²) in [6.07, 6.45) is -4.46. The third-order valence-electron chi connectivity index (χ3n) is 3.32. The molecule has 0 aliphatic rings. The zero-order valence-corrected chi connectivity index (χ0v) is 11.9. The van der Waals surface area contributed by atoms with E-state index < -0.39 is 17.6 Å². The van der Waals surface area contributed by atoms with E-state index in [0.717, 1.165) is 17.6 Å². The molecular weight excluding hydrogens is 309 g/mol. The van der Waals surface area contributed by atoms with Gasteiger partial charge in [-0.25, -0.2) is 4.68 Å². The number of rotatable bonds is 2. The molecule has 8 heteroatoms. The molecule has 0 bridgehead atoms. The number of carbonyl (C=O) groups is 1. The molecule has 0 atom stereocenters. The van der Waals surface area contributed by atoms with Crippen LogP contribution in [0.5, 0.6) is 0 Å². The number of amides is 1. The molecule has 2 aromatic carbocycles. The van der Waals surface area contributed by atoms with Crippen LogP contribution in [0.4, 0.5) is 18.9 Å². The molecule has 0 aliphatic carbocycles. The van der Waals surface area contributed by atoms with E-state index in [1.807, 2.05) is 0 Å². The minimum Gasteiger partial charge on any atom is -0.322 e. The summed E-state index contributed by atoms with van der Waals surface area (Å²) in [6.45, 7) is 0. The fraction of sp³-hybridized carbons (Fsp3) is 0.133. The van der Waals surface area contributed by atoms with Crippen molar-refractivity contribution in [2.75, 3.05) is 5.32 Å². The number of hydrogen-bond donors (Lipinski definition) is 1. The van der Waals surface area contributed by atoms with Crippen LogP contribution in [-0.2, 0) is 13.2 Å². The van der Waals surface area contributed by atoms with Crippen molar-refractivity contribution >= 4 is 22.6 Å². The normalized spacial score (nSPS) is 11.7. The molecule has 1 heterocycles. The Morgan fingerprint density at radius 2 is 1.96 bits per heavy atom. The summed E-state index contributed by atoms with van der Waals surface area (Å²) in [5, 5.41) is 10.2. The summed E-state index contributed by atoms with van der Waals surface area (Å²) < 4.78 is 39.6. The van der Waals surface area contributed by atoms with Crippen LogP contribution in [-0.4, -0.2) is 20.9 Å². The van der Waals surface area contributed by atoms with Gasteiger partial charge in [0.1, 0.15) is 5.52 Å². The number of carbonyl (C=O) groups excluding carboxylic acids is 1. The zero-order valence-electron chi connectivity index (χ0n) is 11.9. The van der Waals surface area contributed by atoms with E-state index in [2.05, 4.69) is 15.6 Å². The highest BCUT2D eigenvalue weighted by Crippen LogP contribution is 2.30. The second kappa shape index (κ2) is 5.38. The average Bonchev–Trinajstić information content (AvgIpc) is 2.87. The second-order valence-corrected chi connectivity index (χ2v) is 4.95. The SMILES string of the molecule is Cn1nnc2cc(C(=O)Nc3cccc(C(F)(F)F)c3)ccc21. The van der Waals surface area contributed by atoms with Gasteiger partial charge in [-0.3, -0.25) is 4.79 Å². The lowest BCUT2D eigenvalue weighted by atomic mass is 10.1. The Balaban J connectivity index is 1.85. The third kappa shape index (κ3) is 3.01. The third-order valence-corrected chi connectivity index (χ3v) is 3.32. The smallest absolute Gasteiger partial charge is 0.322 e. The molecule has 1 aromatic heterocycles. The van der Waals surface area contributed by atoms with Crippen molar-refractivity contribution in [2.45, 2.75) is 6.18 Å². The Labute approximate surface area is 128 Å². The van der Waals surface area contributed by atoms with Crippen molar-refractivity contribution in [3.8, 4) is 0 Å². The molecule has 0 aliphatic heterocycles. The highest BCUT2D eigenvalue weighted by Gasteiger charge is 2.30. The lowest BCUT2D eigenvalue weighted by molar-refractivity contribution is -0.137. The lowest BCUT2D eigenvalue weighted by Crippen LogP contribution is -2.13. The van der Waals surface area contributed by atoms with Crippen LogP contribution < -0.4 is 5.32 Å². The van der Waals surface area contributed by atoms with Gasteiger partial charge in [0.05, 0.1) is 11.1 Å². The minimum absolute atomic E-state index is 0.0732. The van der Waals surface area contributed by atoms with E-state index in [1.165, 1.54) is 18.2 Å². The van der Waals surface area contributed by atoms with Crippen LogP contribution in [0.1, 0.15) is 15.9 Å². The molecule has 0 saturated carbocycles. The number of nitrogens with one attached hydrogen (secondary N) is 1. The van der Waals surface area contributed by atoms with Gasteiger partial charge in [-0.05, 0) is 36.4 Å². The maximum atomic E-state index is 12.7. The highest BCUT2D eigenvalue weighted by molar-refractivity contribution is 6.05. The number of aryl methyl sites for hydroxylation is 1. The molecule has 0 radical (unpaired) electrons. The van der Waals surface area contributed by atoms with Gasteiger partial charge in [0.25, 0.3) is 5.91 Å². The summed E-state index contributed by atoms with van der Waals surface area (Å²) in [7, 11) is 1.72. The second-order valence-electron chi connectivity index (χ2n) is 4.95. The number of benzene rings is 2. The molecule has 23 heavy (non-hydrogen) atoms. The first-order chi connectivity index (χ1) is 10.8. The predicted octanol–water partition coefficient (Wildman–Crippen LogP) is 3.24. The molecule has 1 N–H and O–H groups in total. The van der Waals surface area contributed by atoms with Crippen molar-refractivity contribution in [3.63, 3.8) is 0 Å². The summed E-state index contributed by atoms with van der Waals surface area (Å²) in [5.74, 6) is -0.517. The van der Waals surface area contributed by atoms with Gasteiger partial charge in [-0.15, -0.1) is 5.10 Å². The molecular formula is C15H11F3N4O. The summed E-state index contributed by atoms with van der Waals surface area (Å²) in [6, 6.07) is 9.24. The fourth-order valence-electron chi connectivity index (χ4n) is 2.16. The van der Waals surface area contributed by atoms with Crippen LogP contribution >= 0.6 is 0 Å². The fourth-order valence-corrected chi connectivity index (χ4v) is 2.16. The Kier molecular flexibility index (Phi) is 3.51. The average molecular weight is 320 g/mol. The number of anilines is 1. The van der Waals surface area contributed by atoms with Crippen molar-refractivity contribution in [3.05, 3.63) is 53.6 Å². The van der Waals surface area contributed by atoms with Gasteiger partial charge >= 0.3 is 6.18 Å². The molecule has 0 unspecified atom stereocenters. The lowest BCUT2D eigenvalue weighted by Gasteiger charge is -2.10. The van der Waals surface area contributed by atoms with E-state index in [-0.39, 0.29) is 11.3 Å². The summed E-state index contributed by atoms with van der Waals surface area (Å²) >= 11 is 0. The maximum absolute atomic E-state index is 12.7. The predicted molar refractivity (Wildman–Crippen MR) is 77.9 cm³/mol. The van der Waals surface area contributed by atoms with Crippen LogP contribution in [0.25, 0.3) is 11.0 Å². The number of halogens is 3. The number of hydrogen-bond acceptors (Lipinski definition) is 3. The minimum atomic E-state index is -4.46. The Morgan fingerprint density at radius 1 is 1.17 bits per heavy atom. The van der Waals surface area contributed by atoms with E-state index >= 15 is 0 Å². The van der Waals surface area contributed by atoms with E-state index in [1.54, 1.807) is 23.9 Å². The molecule has 3 aromatic rings. The number of nitrogens with zero attached hydrogens (tertiary/aromatic N) is 3. The van der Waals surface area contributed by atoms with Crippen LogP contribution in [0.3, 0.4) is 0 Å². The van der Waals surface area contributed by atoms with Crippen LogP contribution in [0.15, 0.2) is 42.5 Å². The van der Waals surface area contributed by atoms with E-state index in [9.17, 15) is 18.0 Å². The van der Waals surface area contributed by atoms with Gasteiger partial charge < -0.3 is 5.32 Å². The van der Waals surface area contributed by atoms with Crippen molar-refractivity contribution < 1.29 is 18.0 Å².